The highest BCUT2D eigenvalue weighted by atomic mass is 35.5. The summed E-state index contributed by atoms with van der Waals surface area (Å²) in [6, 6.07) is 7.07. The standard InChI is InChI=1S/C14H18ClNO3/c1-14(18,10-5-2-3-6-11(10)15)9-16-13(17)12-7-4-8-19-12/h2-3,5-6,12,18H,4,7-9H2,1H3,(H,16,17)/t12-,14-/m0/s1. The van der Waals surface area contributed by atoms with Crippen molar-refractivity contribution in [1.29, 1.82) is 0 Å². The van der Waals surface area contributed by atoms with Crippen LogP contribution in [-0.2, 0) is 15.1 Å². The highest BCUT2D eigenvalue weighted by Crippen LogP contribution is 2.27. The third kappa shape index (κ3) is 3.47. The maximum absolute atomic E-state index is 11.8. The fraction of sp³-hybridized carbons (Fsp3) is 0.500. The Labute approximate surface area is 117 Å². The molecular formula is C14H18ClNO3. The van der Waals surface area contributed by atoms with E-state index in [1.54, 1.807) is 31.2 Å². The predicted molar refractivity (Wildman–Crippen MR) is 73.0 cm³/mol. The van der Waals surface area contributed by atoms with Gasteiger partial charge in [-0.25, -0.2) is 0 Å². The number of carbonyl (C=O) groups excluding carboxylic acids is 1. The Morgan fingerprint density at radius 3 is 2.95 bits per heavy atom. The average molecular weight is 284 g/mol. The summed E-state index contributed by atoms with van der Waals surface area (Å²) in [6.07, 6.45) is 1.25. The fourth-order valence-corrected chi connectivity index (χ4v) is 2.49. The number of nitrogens with one attached hydrogen (secondary N) is 1. The van der Waals surface area contributed by atoms with E-state index in [4.69, 9.17) is 16.3 Å². The molecule has 0 bridgehead atoms. The normalized spacial score (nSPS) is 21.9. The summed E-state index contributed by atoms with van der Waals surface area (Å²) in [5, 5.41) is 13.6. The van der Waals surface area contributed by atoms with E-state index in [0.29, 0.717) is 17.2 Å². The molecule has 0 aliphatic carbocycles. The molecule has 0 saturated carbocycles. The van der Waals surface area contributed by atoms with Crippen LogP contribution in [0.4, 0.5) is 0 Å². The van der Waals surface area contributed by atoms with Crippen LogP contribution in [0, 0.1) is 0 Å². The van der Waals surface area contributed by atoms with Gasteiger partial charge in [-0.05, 0) is 25.8 Å². The maximum Gasteiger partial charge on any atom is 0.249 e. The summed E-state index contributed by atoms with van der Waals surface area (Å²) in [6.45, 7) is 2.36. The lowest BCUT2D eigenvalue weighted by Crippen LogP contribution is -2.42. The second-order valence-electron chi connectivity index (χ2n) is 4.97. The third-order valence-corrected chi connectivity index (χ3v) is 3.61. The van der Waals surface area contributed by atoms with E-state index in [9.17, 15) is 9.90 Å². The van der Waals surface area contributed by atoms with Gasteiger partial charge in [0.25, 0.3) is 0 Å². The molecule has 1 saturated heterocycles. The minimum Gasteiger partial charge on any atom is -0.384 e. The summed E-state index contributed by atoms with van der Waals surface area (Å²) in [7, 11) is 0. The Bertz CT molecular complexity index is 456. The molecule has 104 valence electrons. The Balaban J connectivity index is 1.97. The van der Waals surface area contributed by atoms with Crippen molar-refractivity contribution in [2.75, 3.05) is 13.2 Å². The lowest BCUT2D eigenvalue weighted by Gasteiger charge is -2.25. The first-order valence-electron chi connectivity index (χ1n) is 6.37. The minimum atomic E-state index is -1.20. The van der Waals surface area contributed by atoms with Gasteiger partial charge in [0.1, 0.15) is 11.7 Å². The quantitative estimate of drug-likeness (QED) is 0.886. The number of benzene rings is 1. The van der Waals surface area contributed by atoms with Crippen molar-refractivity contribution in [3.8, 4) is 0 Å². The van der Waals surface area contributed by atoms with Gasteiger partial charge in [-0.2, -0.15) is 0 Å². The SMILES string of the molecule is C[C@](O)(CNC(=O)[C@@H]1CCCO1)c1ccccc1Cl. The van der Waals surface area contributed by atoms with E-state index in [-0.39, 0.29) is 18.6 Å². The van der Waals surface area contributed by atoms with Crippen LogP contribution in [0.2, 0.25) is 5.02 Å². The van der Waals surface area contributed by atoms with Gasteiger partial charge in [-0.3, -0.25) is 4.79 Å². The molecule has 0 spiro atoms. The van der Waals surface area contributed by atoms with Crippen LogP contribution < -0.4 is 5.32 Å². The molecule has 0 unspecified atom stereocenters. The van der Waals surface area contributed by atoms with Crippen molar-refractivity contribution in [2.45, 2.75) is 31.5 Å². The lowest BCUT2D eigenvalue weighted by atomic mass is 9.96. The second kappa shape index (κ2) is 5.90. The molecule has 1 aliphatic rings. The molecular weight excluding hydrogens is 266 g/mol. The van der Waals surface area contributed by atoms with E-state index in [0.717, 1.165) is 12.8 Å². The van der Waals surface area contributed by atoms with Gasteiger partial charge in [-0.15, -0.1) is 0 Å². The van der Waals surface area contributed by atoms with Crippen molar-refractivity contribution < 1.29 is 14.6 Å². The highest BCUT2D eigenvalue weighted by Gasteiger charge is 2.29. The molecule has 2 atom stereocenters. The highest BCUT2D eigenvalue weighted by molar-refractivity contribution is 6.31. The number of aliphatic hydroxyl groups is 1. The number of ether oxygens (including phenoxy) is 1. The smallest absolute Gasteiger partial charge is 0.249 e. The number of carbonyl (C=O) groups is 1. The summed E-state index contributed by atoms with van der Waals surface area (Å²) in [5.74, 6) is -0.176. The molecule has 19 heavy (non-hydrogen) atoms. The van der Waals surface area contributed by atoms with Crippen molar-refractivity contribution in [3.63, 3.8) is 0 Å². The molecule has 1 heterocycles. The number of rotatable bonds is 4. The van der Waals surface area contributed by atoms with Gasteiger partial charge < -0.3 is 15.2 Å². The van der Waals surface area contributed by atoms with Crippen LogP contribution in [0.5, 0.6) is 0 Å². The molecule has 1 aliphatic heterocycles. The molecule has 0 aromatic heterocycles. The first-order valence-corrected chi connectivity index (χ1v) is 6.75. The number of amides is 1. The first-order chi connectivity index (χ1) is 9.00. The zero-order valence-electron chi connectivity index (χ0n) is 10.9. The van der Waals surface area contributed by atoms with Crippen LogP contribution >= 0.6 is 11.6 Å². The summed E-state index contributed by atoms with van der Waals surface area (Å²) >= 11 is 6.05. The van der Waals surface area contributed by atoms with Crippen LogP contribution in [0.1, 0.15) is 25.3 Å². The van der Waals surface area contributed by atoms with Crippen LogP contribution in [0.3, 0.4) is 0 Å². The Kier molecular flexibility index (Phi) is 4.45. The molecule has 2 rings (SSSR count). The van der Waals surface area contributed by atoms with Gasteiger partial charge in [0.2, 0.25) is 5.91 Å². The molecule has 1 aromatic rings. The largest absolute Gasteiger partial charge is 0.384 e. The molecule has 2 N–H and O–H groups in total. The Hall–Kier alpha value is -1.10. The zero-order chi connectivity index (χ0) is 13.9. The van der Waals surface area contributed by atoms with Crippen LogP contribution in [0.25, 0.3) is 0 Å². The second-order valence-corrected chi connectivity index (χ2v) is 5.38. The minimum absolute atomic E-state index is 0.107. The van der Waals surface area contributed by atoms with Crippen LogP contribution in [-0.4, -0.2) is 30.3 Å². The zero-order valence-corrected chi connectivity index (χ0v) is 11.6. The van der Waals surface area contributed by atoms with Crippen LogP contribution in [0.15, 0.2) is 24.3 Å². The topological polar surface area (TPSA) is 58.6 Å². The molecule has 1 amide bonds. The monoisotopic (exact) mass is 283 g/mol. The van der Waals surface area contributed by atoms with Gasteiger partial charge in [0.05, 0.1) is 6.54 Å². The van der Waals surface area contributed by atoms with Crippen molar-refractivity contribution in [1.82, 2.24) is 5.32 Å². The van der Waals surface area contributed by atoms with Crippen molar-refractivity contribution >= 4 is 17.5 Å². The summed E-state index contributed by atoms with van der Waals surface area (Å²) < 4.78 is 5.29. The summed E-state index contributed by atoms with van der Waals surface area (Å²) in [5.41, 5.74) is -0.601. The summed E-state index contributed by atoms with van der Waals surface area (Å²) in [4.78, 5) is 11.8. The number of hydrogen-bond acceptors (Lipinski definition) is 3. The molecule has 0 radical (unpaired) electrons. The third-order valence-electron chi connectivity index (χ3n) is 3.28. The Morgan fingerprint density at radius 1 is 1.58 bits per heavy atom. The van der Waals surface area contributed by atoms with E-state index in [1.807, 2.05) is 0 Å². The van der Waals surface area contributed by atoms with E-state index >= 15 is 0 Å². The predicted octanol–water partition coefficient (Wildman–Crippen LogP) is 1.84. The lowest BCUT2D eigenvalue weighted by molar-refractivity contribution is -0.131. The number of halogens is 1. The van der Waals surface area contributed by atoms with Crippen molar-refractivity contribution in [2.24, 2.45) is 0 Å². The van der Waals surface area contributed by atoms with E-state index in [2.05, 4.69) is 5.32 Å². The molecule has 1 fully saturated rings. The Morgan fingerprint density at radius 2 is 2.32 bits per heavy atom. The number of hydrogen-bond donors (Lipinski definition) is 2. The van der Waals surface area contributed by atoms with Gasteiger partial charge in [0, 0.05) is 17.2 Å². The first kappa shape index (κ1) is 14.3. The molecule has 1 aromatic carbocycles. The maximum atomic E-state index is 11.8. The van der Waals surface area contributed by atoms with E-state index < -0.39 is 5.60 Å². The fourth-order valence-electron chi connectivity index (χ4n) is 2.15. The van der Waals surface area contributed by atoms with Crippen molar-refractivity contribution in [3.05, 3.63) is 34.9 Å². The van der Waals surface area contributed by atoms with Gasteiger partial charge >= 0.3 is 0 Å². The molecule has 5 heteroatoms. The van der Waals surface area contributed by atoms with E-state index in [1.165, 1.54) is 0 Å². The van der Waals surface area contributed by atoms with Gasteiger partial charge in [-0.1, -0.05) is 29.8 Å². The molecule has 4 nitrogen and oxygen atoms in total. The average Bonchev–Trinajstić information content (AvgIpc) is 2.90. The van der Waals surface area contributed by atoms with Gasteiger partial charge in [0.15, 0.2) is 0 Å².